The van der Waals surface area contributed by atoms with Crippen molar-refractivity contribution in [2.75, 3.05) is 0 Å². The molecule has 2 aromatic rings. The Kier molecular flexibility index (Phi) is 5.74. The van der Waals surface area contributed by atoms with Gasteiger partial charge in [0.1, 0.15) is 6.10 Å². The molecule has 1 heterocycles. The predicted molar refractivity (Wildman–Crippen MR) is 101 cm³/mol. The maximum Gasteiger partial charge on any atom is 0.257 e. The average Bonchev–Trinajstić information content (AvgIpc) is 2.89. The highest BCUT2D eigenvalue weighted by atomic mass is 16.4. The summed E-state index contributed by atoms with van der Waals surface area (Å²) in [7, 11) is 0. The summed E-state index contributed by atoms with van der Waals surface area (Å²) in [6.45, 7) is 2.40. The van der Waals surface area contributed by atoms with E-state index in [1.807, 2.05) is 30.3 Å². The van der Waals surface area contributed by atoms with E-state index in [4.69, 9.17) is 0 Å². The summed E-state index contributed by atoms with van der Waals surface area (Å²) < 4.78 is 0. The molecule has 3 rings (SSSR count). The number of benzene rings is 2. The number of aliphatic hydroxyl groups excluding tert-OH is 1. The van der Waals surface area contributed by atoms with Crippen LogP contribution in [0.3, 0.4) is 0 Å². The zero-order chi connectivity index (χ0) is 18.6. The Morgan fingerprint density at radius 1 is 1.00 bits per heavy atom. The minimum Gasteiger partial charge on any atom is -0.388 e. The number of hydrogen-bond acceptors (Lipinski definition) is 3. The van der Waals surface area contributed by atoms with Gasteiger partial charge in [0.25, 0.3) is 5.91 Å². The molecular weight excluding hydrogens is 326 g/mol. The molecule has 4 nitrogen and oxygen atoms in total. The van der Waals surface area contributed by atoms with Crippen molar-refractivity contribution >= 4 is 5.91 Å². The van der Waals surface area contributed by atoms with Crippen LogP contribution in [-0.4, -0.2) is 27.1 Å². The number of nitrogens with zero attached hydrogens (tertiary/aromatic N) is 1. The molecular formula is C22H27NO3. The first-order valence-electron chi connectivity index (χ1n) is 9.44. The van der Waals surface area contributed by atoms with Crippen molar-refractivity contribution in [2.45, 2.75) is 57.4 Å². The molecule has 0 fully saturated rings. The van der Waals surface area contributed by atoms with Gasteiger partial charge in [0.05, 0.1) is 0 Å². The van der Waals surface area contributed by atoms with Gasteiger partial charge in [-0.05, 0) is 18.1 Å². The molecule has 2 aromatic carbocycles. The van der Waals surface area contributed by atoms with Gasteiger partial charge >= 0.3 is 0 Å². The molecule has 0 saturated heterocycles. The number of carbonyl (C=O) groups excluding carboxylic acids is 1. The van der Waals surface area contributed by atoms with Gasteiger partial charge in [-0.25, -0.2) is 0 Å². The van der Waals surface area contributed by atoms with Gasteiger partial charge in [0.2, 0.25) is 0 Å². The average molecular weight is 353 g/mol. The topological polar surface area (TPSA) is 60.8 Å². The fraction of sp³-hybridized carbons (Fsp3) is 0.409. The Hall–Kier alpha value is -2.17. The molecule has 0 saturated carbocycles. The molecule has 0 spiro atoms. The number of hydrogen-bond donors (Lipinski definition) is 2. The Morgan fingerprint density at radius 2 is 1.69 bits per heavy atom. The van der Waals surface area contributed by atoms with Crippen LogP contribution in [0.1, 0.15) is 60.5 Å². The van der Waals surface area contributed by atoms with Crippen LogP contribution in [0.15, 0.2) is 54.6 Å². The van der Waals surface area contributed by atoms with Gasteiger partial charge in [0.15, 0.2) is 5.72 Å². The van der Waals surface area contributed by atoms with Crippen LogP contribution in [-0.2, 0) is 12.3 Å². The van der Waals surface area contributed by atoms with E-state index in [-0.39, 0.29) is 12.5 Å². The van der Waals surface area contributed by atoms with Gasteiger partial charge in [-0.3, -0.25) is 9.69 Å². The van der Waals surface area contributed by atoms with E-state index in [0.717, 1.165) is 31.2 Å². The first-order chi connectivity index (χ1) is 12.6. The summed E-state index contributed by atoms with van der Waals surface area (Å²) in [4.78, 5) is 14.4. The van der Waals surface area contributed by atoms with Crippen LogP contribution in [0, 0.1) is 0 Å². The van der Waals surface area contributed by atoms with E-state index in [1.165, 1.54) is 4.90 Å². The van der Waals surface area contributed by atoms with Crippen LogP contribution in [0.5, 0.6) is 0 Å². The number of carbonyl (C=O) groups is 1. The molecule has 1 aliphatic rings. The lowest BCUT2D eigenvalue weighted by atomic mass is 9.92. The van der Waals surface area contributed by atoms with Crippen LogP contribution in [0.25, 0.3) is 0 Å². The number of aliphatic hydroxyl groups is 2. The van der Waals surface area contributed by atoms with Gasteiger partial charge in [-0.1, -0.05) is 81.1 Å². The summed E-state index contributed by atoms with van der Waals surface area (Å²) in [6, 6.07) is 16.6. The van der Waals surface area contributed by atoms with Crippen molar-refractivity contribution in [3.8, 4) is 0 Å². The van der Waals surface area contributed by atoms with Crippen LogP contribution in [0.2, 0.25) is 0 Å². The largest absolute Gasteiger partial charge is 0.388 e. The highest BCUT2D eigenvalue weighted by molar-refractivity contribution is 5.99. The first kappa shape index (κ1) is 18.6. The van der Waals surface area contributed by atoms with Crippen molar-refractivity contribution in [1.82, 2.24) is 4.90 Å². The minimum atomic E-state index is -1.68. The molecule has 1 aliphatic heterocycles. The van der Waals surface area contributed by atoms with E-state index in [2.05, 4.69) is 6.92 Å². The number of unbranched alkanes of at least 4 members (excludes halogenated alkanes) is 3. The zero-order valence-electron chi connectivity index (χ0n) is 15.3. The van der Waals surface area contributed by atoms with Crippen molar-refractivity contribution < 1.29 is 15.0 Å². The molecule has 0 aromatic heterocycles. The maximum absolute atomic E-state index is 13.0. The molecule has 0 radical (unpaired) electrons. The summed E-state index contributed by atoms with van der Waals surface area (Å²) >= 11 is 0. The number of fused-ring (bicyclic) bond motifs is 1. The third-order valence-electron chi connectivity index (χ3n) is 5.19. The highest BCUT2D eigenvalue weighted by Crippen LogP contribution is 2.42. The summed E-state index contributed by atoms with van der Waals surface area (Å²) in [6.07, 6.45) is 3.50. The second-order valence-corrected chi connectivity index (χ2v) is 7.01. The van der Waals surface area contributed by atoms with Crippen LogP contribution >= 0.6 is 0 Å². The van der Waals surface area contributed by atoms with Crippen molar-refractivity contribution in [1.29, 1.82) is 0 Å². The summed E-state index contributed by atoms with van der Waals surface area (Å²) in [5.74, 6) is -0.237. The smallest absolute Gasteiger partial charge is 0.257 e. The molecule has 0 aliphatic carbocycles. The van der Waals surface area contributed by atoms with E-state index in [0.29, 0.717) is 17.5 Å². The van der Waals surface area contributed by atoms with E-state index in [9.17, 15) is 15.0 Å². The third-order valence-corrected chi connectivity index (χ3v) is 5.19. The lowest BCUT2D eigenvalue weighted by Gasteiger charge is -2.38. The second-order valence-electron chi connectivity index (χ2n) is 7.01. The van der Waals surface area contributed by atoms with E-state index < -0.39 is 11.8 Å². The Bertz CT molecular complexity index is 746. The molecule has 4 heteroatoms. The summed E-state index contributed by atoms with van der Waals surface area (Å²) in [5.41, 5.74) is 0.211. The number of rotatable bonds is 8. The SMILES string of the molecule is CCCCCCC(O)C1(O)c2ccccc2C(=O)N1Cc1ccccc1. The van der Waals surface area contributed by atoms with Crippen molar-refractivity contribution in [2.24, 2.45) is 0 Å². The van der Waals surface area contributed by atoms with E-state index >= 15 is 0 Å². The molecule has 26 heavy (non-hydrogen) atoms. The Labute approximate surface area is 155 Å². The second kappa shape index (κ2) is 8.02. The Morgan fingerprint density at radius 3 is 2.42 bits per heavy atom. The van der Waals surface area contributed by atoms with Gasteiger partial charge < -0.3 is 10.2 Å². The molecule has 0 bridgehead atoms. The van der Waals surface area contributed by atoms with Crippen LogP contribution < -0.4 is 0 Å². The number of amides is 1. The highest BCUT2D eigenvalue weighted by Gasteiger charge is 2.52. The lowest BCUT2D eigenvalue weighted by molar-refractivity contribution is -0.167. The molecule has 2 atom stereocenters. The Balaban J connectivity index is 1.90. The normalized spacial score (nSPS) is 20.3. The van der Waals surface area contributed by atoms with Crippen LogP contribution in [0.4, 0.5) is 0 Å². The third kappa shape index (κ3) is 3.39. The minimum absolute atomic E-state index is 0.237. The fourth-order valence-electron chi connectivity index (χ4n) is 3.72. The van der Waals surface area contributed by atoms with Gasteiger partial charge in [-0.15, -0.1) is 0 Å². The van der Waals surface area contributed by atoms with E-state index in [1.54, 1.807) is 24.3 Å². The van der Waals surface area contributed by atoms with Crippen molar-refractivity contribution in [3.63, 3.8) is 0 Å². The van der Waals surface area contributed by atoms with Gasteiger partial charge in [0, 0.05) is 17.7 Å². The summed E-state index contributed by atoms with van der Waals surface area (Å²) in [5, 5.41) is 22.4. The molecule has 1 amide bonds. The standard InChI is InChI=1S/C22H27NO3/c1-2-3-4-8-15-20(24)22(26)19-14-10-9-13-18(19)21(25)23(22)16-17-11-6-5-7-12-17/h5-7,9-14,20,24,26H,2-4,8,15-16H2,1H3. The van der Waals surface area contributed by atoms with Gasteiger partial charge in [-0.2, -0.15) is 0 Å². The molecule has 138 valence electrons. The molecule has 2 N–H and O–H groups in total. The van der Waals surface area contributed by atoms with Crippen molar-refractivity contribution in [3.05, 3.63) is 71.3 Å². The monoisotopic (exact) mass is 353 g/mol. The first-order valence-corrected chi connectivity index (χ1v) is 9.44. The maximum atomic E-state index is 13.0. The lowest BCUT2D eigenvalue weighted by Crippen LogP contribution is -2.51. The predicted octanol–water partition coefficient (Wildman–Crippen LogP) is 3.82. The molecule has 2 unspecified atom stereocenters. The zero-order valence-corrected chi connectivity index (χ0v) is 15.3. The quantitative estimate of drug-likeness (QED) is 0.709. The fourth-order valence-corrected chi connectivity index (χ4v) is 3.72.